The van der Waals surface area contributed by atoms with Gasteiger partial charge in [-0.3, -0.25) is 4.98 Å². The molecule has 2 aromatic rings. The Bertz CT molecular complexity index is 684. The number of halogens is 2. The minimum Gasteiger partial charge on any atom is -0.308 e. The van der Waals surface area contributed by atoms with Crippen molar-refractivity contribution in [3.8, 4) is 0 Å². The lowest BCUT2D eigenvalue weighted by Gasteiger charge is -2.24. The second-order valence-corrected chi connectivity index (χ2v) is 6.76. The van der Waals surface area contributed by atoms with Gasteiger partial charge in [-0.1, -0.05) is 23.2 Å². The van der Waals surface area contributed by atoms with E-state index in [1.807, 2.05) is 17.0 Å². The van der Waals surface area contributed by atoms with Gasteiger partial charge in [0, 0.05) is 30.4 Å². The van der Waals surface area contributed by atoms with Crippen LogP contribution in [0.2, 0.25) is 10.0 Å². The van der Waals surface area contributed by atoms with Crippen molar-refractivity contribution in [1.29, 1.82) is 0 Å². The molecule has 0 radical (unpaired) electrons. The summed E-state index contributed by atoms with van der Waals surface area (Å²) in [5, 5.41) is 3.75. The molecule has 1 fully saturated rings. The Kier molecular flexibility index (Phi) is 4.76. The molecule has 7 heteroatoms. The minimum atomic E-state index is -0.148. The summed E-state index contributed by atoms with van der Waals surface area (Å²) in [5.74, 6) is 0.905. The normalized spacial score (nSPS) is 17.5. The van der Waals surface area contributed by atoms with Crippen LogP contribution in [0.15, 0.2) is 42.7 Å². The van der Waals surface area contributed by atoms with Crippen LogP contribution in [0, 0.1) is 0 Å². The van der Waals surface area contributed by atoms with Gasteiger partial charge in [-0.25, -0.2) is 4.79 Å². The number of thioether (sulfide) groups is 1. The molecule has 2 heterocycles. The molecule has 1 unspecified atom stereocenters. The van der Waals surface area contributed by atoms with E-state index in [4.69, 9.17) is 23.2 Å². The van der Waals surface area contributed by atoms with E-state index in [2.05, 4.69) is 10.3 Å². The molecule has 22 heavy (non-hydrogen) atoms. The maximum Gasteiger partial charge on any atom is 0.323 e. The summed E-state index contributed by atoms with van der Waals surface area (Å²) in [4.78, 5) is 18.3. The maximum absolute atomic E-state index is 12.5. The van der Waals surface area contributed by atoms with Crippen molar-refractivity contribution in [3.63, 3.8) is 0 Å². The Balaban J connectivity index is 1.75. The van der Waals surface area contributed by atoms with Gasteiger partial charge in [-0.2, -0.15) is 0 Å². The van der Waals surface area contributed by atoms with Crippen LogP contribution in [-0.2, 0) is 0 Å². The molecule has 1 aliphatic heterocycles. The molecular formula is C15H13Cl2N3OS. The van der Waals surface area contributed by atoms with Gasteiger partial charge in [0.1, 0.15) is 5.37 Å². The summed E-state index contributed by atoms with van der Waals surface area (Å²) >= 11 is 13.6. The van der Waals surface area contributed by atoms with Crippen LogP contribution in [0.1, 0.15) is 10.9 Å². The van der Waals surface area contributed by atoms with Gasteiger partial charge in [0.2, 0.25) is 0 Å². The number of aromatic nitrogens is 1. The summed E-state index contributed by atoms with van der Waals surface area (Å²) in [5.41, 5.74) is 1.70. The monoisotopic (exact) mass is 353 g/mol. The SMILES string of the molecule is O=C(Nc1ccc(Cl)c(Cl)c1)N1CCSC1c1ccncc1. The molecular weight excluding hydrogens is 341 g/mol. The van der Waals surface area contributed by atoms with Gasteiger partial charge >= 0.3 is 6.03 Å². The highest BCUT2D eigenvalue weighted by atomic mass is 35.5. The van der Waals surface area contributed by atoms with Gasteiger partial charge < -0.3 is 10.2 Å². The van der Waals surface area contributed by atoms with Crippen molar-refractivity contribution in [2.24, 2.45) is 0 Å². The zero-order valence-electron chi connectivity index (χ0n) is 11.5. The largest absolute Gasteiger partial charge is 0.323 e. The second-order valence-electron chi connectivity index (χ2n) is 4.76. The number of hydrogen-bond donors (Lipinski definition) is 1. The highest BCUT2D eigenvalue weighted by Gasteiger charge is 2.30. The third-order valence-corrected chi connectivity index (χ3v) is 5.31. The van der Waals surface area contributed by atoms with Crippen molar-refractivity contribution in [3.05, 3.63) is 58.3 Å². The number of carbonyl (C=O) groups excluding carboxylic acids is 1. The zero-order valence-corrected chi connectivity index (χ0v) is 13.8. The van der Waals surface area contributed by atoms with Crippen LogP contribution >= 0.6 is 35.0 Å². The van der Waals surface area contributed by atoms with Crippen molar-refractivity contribution in [2.45, 2.75) is 5.37 Å². The molecule has 0 bridgehead atoms. The van der Waals surface area contributed by atoms with Crippen LogP contribution in [0.3, 0.4) is 0 Å². The highest BCUT2D eigenvalue weighted by Crippen LogP contribution is 2.38. The summed E-state index contributed by atoms with van der Waals surface area (Å²) < 4.78 is 0. The number of carbonyl (C=O) groups is 1. The van der Waals surface area contributed by atoms with Crippen molar-refractivity contribution < 1.29 is 4.79 Å². The average Bonchev–Trinajstić information content (AvgIpc) is 3.01. The molecule has 3 rings (SSSR count). The first kappa shape index (κ1) is 15.5. The Hall–Kier alpha value is -1.43. The van der Waals surface area contributed by atoms with Gasteiger partial charge in [-0.15, -0.1) is 11.8 Å². The molecule has 114 valence electrons. The Labute approximate surface area is 142 Å². The van der Waals surface area contributed by atoms with Crippen LogP contribution in [0.4, 0.5) is 10.5 Å². The summed E-state index contributed by atoms with van der Waals surface area (Å²) in [6, 6.07) is 8.76. The lowest BCUT2D eigenvalue weighted by Crippen LogP contribution is -2.34. The van der Waals surface area contributed by atoms with Gasteiger partial charge in [0.05, 0.1) is 10.0 Å². The number of nitrogens with zero attached hydrogens (tertiary/aromatic N) is 2. The van der Waals surface area contributed by atoms with E-state index in [0.717, 1.165) is 11.3 Å². The van der Waals surface area contributed by atoms with Crippen LogP contribution < -0.4 is 5.32 Å². The molecule has 2 amide bonds. The second kappa shape index (κ2) is 6.77. The molecule has 0 aliphatic carbocycles. The maximum atomic E-state index is 12.5. The Morgan fingerprint density at radius 3 is 2.73 bits per heavy atom. The Morgan fingerprint density at radius 1 is 1.23 bits per heavy atom. The Morgan fingerprint density at radius 2 is 2.00 bits per heavy atom. The quantitative estimate of drug-likeness (QED) is 0.853. The van der Waals surface area contributed by atoms with E-state index >= 15 is 0 Å². The standard InChI is InChI=1S/C15H13Cl2N3OS/c16-12-2-1-11(9-13(12)17)19-15(21)20-7-8-22-14(20)10-3-5-18-6-4-10/h1-6,9,14H,7-8H2,(H,19,21). The molecule has 1 N–H and O–H groups in total. The van der Waals surface area contributed by atoms with Crippen molar-refractivity contribution in [1.82, 2.24) is 9.88 Å². The topological polar surface area (TPSA) is 45.2 Å². The number of pyridine rings is 1. The number of amides is 2. The number of benzene rings is 1. The van der Waals surface area contributed by atoms with Crippen molar-refractivity contribution >= 4 is 46.7 Å². The predicted molar refractivity (Wildman–Crippen MR) is 91.6 cm³/mol. The first-order valence-corrected chi connectivity index (χ1v) is 8.50. The first-order chi connectivity index (χ1) is 10.6. The van der Waals surface area contributed by atoms with Gasteiger partial charge in [0.25, 0.3) is 0 Å². The third kappa shape index (κ3) is 3.32. The molecule has 1 atom stereocenters. The fourth-order valence-corrected chi connectivity index (χ4v) is 3.81. The fourth-order valence-electron chi connectivity index (χ4n) is 2.25. The molecule has 0 saturated carbocycles. The van der Waals surface area contributed by atoms with Gasteiger partial charge in [-0.05, 0) is 35.9 Å². The third-order valence-electron chi connectivity index (χ3n) is 3.31. The molecule has 1 aliphatic rings. The summed E-state index contributed by atoms with van der Waals surface area (Å²) in [7, 11) is 0. The van der Waals surface area contributed by atoms with Gasteiger partial charge in [0.15, 0.2) is 0 Å². The molecule has 0 spiro atoms. The predicted octanol–water partition coefficient (Wildman–Crippen LogP) is 4.67. The van der Waals surface area contributed by atoms with Crippen LogP contribution in [-0.4, -0.2) is 28.2 Å². The van der Waals surface area contributed by atoms with E-state index in [1.54, 1.807) is 42.4 Å². The first-order valence-electron chi connectivity index (χ1n) is 6.69. The lowest BCUT2D eigenvalue weighted by molar-refractivity contribution is 0.214. The summed E-state index contributed by atoms with van der Waals surface area (Å²) in [6.45, 7) is 0.699. The number of hydrogen-bond acceptors (Lipinski definition) is 3. The average molecular weight is 354 g/mol. The lowest BCUT2D eigenvalue weighted by atomic mass is 10.2. The summed E-state index contributed by atoms with van der Waals surface area (Å²) in [6.07, 6.45) is 3.48. The number of rotatable bonds is 2. The zero-order chi connectivity index (χ0) is 15.5. The molecule has 1 aromatic carbocycles. The van der Waals surface area contributed by atoms with Crippen molar-refractivity contribution in [2.75, 3.05) is 17.6 Å². The van der Waals surface area contributed by atoms with E-state index in [0.29, 0.717) is 22.3 Å². The number of urea groups is 1. The minimum absolute atomic E-state index is 0.00534. The molecule has 1 aromatic heterocycles. The van der Waals surface area contributed by atoms with Crippen LogP contribution in [0.25, 0.3) is 0 Å². The van der Waals surface area contributed by atoms with E-state index < -0.39 is 0 Å². The number of anilines is 1. The van der Waals surface area contributed by atoms with E-state index in [9.17, 15) is 4.79 Å². The number of nitrogens with one attached hydrogen (secondary N) is 1. The molecule has 4 nitrogen and oxygen atoms in total. The highest BCUT2D eigenvalue weighted by molar-refractivity contribution is 7.99. The van der Waals surface area contributed by atoms with Crippen LogP contribution in [0.5, 0.6) is 0 Å². The van der Waals surface area contributed by atoms with E-state index in [1.165, 1.54) is 0 Å². The smallest absolute Gasteiger partial charge is 0.308 e. The molecule has 1 saturated heterocycles. The van der Waals surface area contributed by atoms with E-state index in [-0.39, 0.29) is 11.4 Å². The fraction of sp³-hybridized carbons (Fsp3) is 0.200.